The molecule has 0 unspecified atom stereocenters. The maximum Gasteiger partial charge on any atom is 0.220 e. The maximum absolute atomic E-state index is 12.4. The van der Waals surface area contributed by atoms with Crippen molar-refractivity contribution in [3.8, 4) is 11.4 Å². The van der Waals surface area contributed by atoms with E-state index in [-0.39, 0.29) is 29.3 Å². The van der Waals surface area contributed by atoms with Crippen molar-refractivity contribution >= 4 is 5.91 Å². The van der Waals surface area contributed by atoms with Crippen LogP contribution in [0.25, 0.3) is 11.4 Å². The topological polar surface area (TPSA) is 80.0 Å². The Balaban J connectivity index is 1.81. The number of aromatic nitrogens is 3. The van der Waals surface area contributed by atoms with Crippen LogP contribution in [0.1, 0.15) is 78.1 Å². The number of carbonyl (C=O) groups excluding carboxylic acids is 1. The summed E-state index contributed by atoms with van der Waals surface area (Å²) in [5, 5.41) is 18.3. The van der Waals surface area contributed by atoms with Crippen LogP contribution in [0.15, 0.2) is 30.3 Å². The average Bonchev–Trinajstić information content (AvgIpc) is 3.08. The second-order valence-electron chi connectivity index (χ2n) is 9.69. The SMILES string of the molecule is CC(C)n1nc(-c2ccccc2)nc1[C@H]1CC[C@@H](O)[C@H](NC(=O)CC(C)(C)C)C1. The Hall–Kier alpha value is -2.21. The molecule has 1 heterocycles. The number of nitrogens with zero attached hydrogens (tertiary/aromatic N) is 3. The molecule has 158 valence electrons. The fourth-order valence-corrected chi connectivity index (χ4v) is 3.99. The Bertz CT molecular complexity index is 823. The highest BCUT2D eigenvalue weighted by Gasteiger charge is 2.34. The van der Waals surface area contributed by atoms with E-state index < -0.39 is 6.10 Å². The van der Waals surface area contributed by atoms with E-state index in [0.717, 1.165) is 23.6 Å². The quantitative estimate of drug-likeness (QED) is 0.795. The summed E-state index contributed by atoms with van der Waals surface area (Å²) < 4.78 is 2.00. The van der Waals surface area contributed by atoms with Crippen molar-refractivity contribution in [1.82, 2.24) is 20.1 Å². The van der Waals surface area contributed by atoms with Crippen molar-refractivity contribution in [2.24, 2.45) is 5.41 Å². The highest BCUT2D eigenvalue weighted by Crippen LogP contribution is 2.34. The summed E-state index contributed by atoms with van der Waals surface area (Å²) in [6.45, 7) is 10.3. The molecule has 0 spiro atoms. The van der Waals surface area contributed by atoms with Crippen molar-refractivity contribution in [3.63, 3.8) is 0 Å². The van der Waals surface area contributed by atoms with E-state index in [1.165, 1.54) is 0 Å². The molecule has 1 saturated carbocycles. The van der Waals surface area contributed by atoms with Gasteiger partial charge >= 0.3 is 0 Å². The fraction of sp³-hybridized carbons (Fsp3) is 0.609. The van der Waals surface area contributed by atoms with Gasteiger partial charge in [0.2, 0.25) is 5.91 Å². The van der Waals surface area contributed by atoms with Crippen molar-refractivity contribution in [1.29, 1.82) is 0 Å². The van der Waals surface area contributed by atoms with Crippen LogP contribution in [0.5, 0.6) is 0 Å². The fourth-order valence-electron chi connectivity index (χ4n) is 3.99. The van der Waals surface area contributed by atoms with Crippen LogP contribution in [-0.4, -0.2) is 37.9 Å². The lowest BCUT2D eigenvalue weighted by Crippen LogP contribution is -2.47. The first kappa shape index (κ1) is 21.5. The van der Waals surface area contributed by atoms with Crippen molar-refractivity contribution in [2.75, 3.05) is 0 Å². The average molecular weight is 399 g/mol. The molecule has 1 aromatic carbocycles. The van der Waals surface area contributed by atoms with E-state index in [1.54, 1.807) is 0 Å². The first-order valence-corrected chi connectivity index (χ1v) is 10.6. The molecule has 3 rings (SSSR count). The summed E-state index contributed by atoms with van der Waals surface area (Å²) in [5.74, 6) is 1.83. The number of rotatable bonds is 5. The molecule has 0 bridgehead atoms. The van der Waals surface area contributed by atoms with Gasteiger partial charge in [-0.1, -0.05) is 51.1 Å². The minimum absolute atomic E-state index is 0.00231. The number of hydrogen-bond acceptors (Lipinski definition) is 4. The molecule has 0 saturated heterocycles. The minimum atomic E-state index is -0.515. The van der Waals surface area contributed by atoms with E-state index in [9.17, 15) is 9.90 Å². The van der Waals surface area contributed by atoms with Gasteiger partial charge in [0.15, 0.2) is 5.82 Å². The maximum atomic E-state index is 12.4. The molecule has 1 amide bonds. The summed E-state index contributed by atoms with van der Waals surface area (Å²) in [6.07, 6.45) is 2.10. The minimum Gasteiger partial charge on any atom is -0.391 e. The van der Waals surface area contributed by atoms with Crippen molar-refractivity contribution in [3.05, 3.63) is 36.2 Å². The Morgan fingerprint density at radius 1 is 1.24 bits per heavy atom. The molecular weight excluding hydrogens is 364 g/mol. The van der Waals surface area contributed by atoms with Crippen LogP contribution in [0, 0.1) is 5.41 Å². The summed E-state index contributed by atoms with van der Waals surface area (Å²) in [5.41, 5.74) is 0.921. The van der Waals surface area contributed by atoms with Gasteiger partial charge in [-0.15, -0.1) is 0 Å². The number of nitrogens with one attached hydrogen (secondary N) is 1. The second-order valence-corrected chi connectivity index (χ2v) is 9.69. The molecule has 1 aliphatic carbocycles. The van der Waals surface area contributed by atoms with Crippen molar-refractivity contribution in [2.45, 2.75) is 84.4 Å². The number of amides is 1. The zero-order valence-corrected chi connectivity index (χ0v) is 18.2. The van der Waals surface area contributed by atoms with Gasteiger partial charge < -0.3 is 10.4 Å². The number of aliphatic hydroxyl groups is 1. The smallest absolute Gasteiger partial charge is 0.220 e. The predicted molar refractivity (Wildman–Crippen MR) is 114 cm³/mol. The molecule has 6 heteroatoms. The molecule has 6 nitrogen and oxygen atoms in total. The Kier molecular flexibility index (Phi) is 6.42. The van der Waals surface area contributed by atoms with Crippen LogP contribution >= 0.6 is 0 Å². The standard InChI is InChI=1S/C23H34N4O2/c1-15(2)27-22(25-21(26-27)16-9-7-6-8-10-16)17-11-12-19(28)18(13-17)24-20(29)14-23(3,4)5/h6-10,15,17-19,28H,11-14H2,1-5H3,(H,24,29)/t17-,18+,19+/m0/s1. The monoisotopic (exact) mass is 398 g/mol. The Morgan fingerprint density at radius 2 is 1.93 bits per heavy atom. The first-order valence-electron chi connectivity index (χ1n) is 10.6. The third-order valence-electron chi connectivity index (χ3n) is 5.39. The lowest BCUT2D eigenvalue weighted by Gasteiger charge is -2.34. The zero-order chi connectivity index (χ0) is 21.2. The van der Waals surface area contributed by atoms with E-state index in [1.807, 2.05) is 55.8 Å². The predicted octanol–water partition coefficient (Wildman–Crippen LogP) is 4.08. The molecule has 29 heavy (non-hydrogen) atoms. The van der Waals surface area contributed by atoms with Crippen molar-refractivity contribution < 1.29 is 9.90 Å². The van der Waals surface area contributed by atoms with Crippen LogP contribution < -0.4 is 5.32 Å². The zero-order valence-electron chi connectivity index (χ0n) is 18.2. The summed E-state index contributed by atoms with van der Waals surface area (Å²) in [4.78, 5) is 17.3. The normalized spacial score (nSPS) is 22.7. The number of hydrogen-bond donors (Lipinski definition) is 2. The molecule has 2 aromatic rings. The van der Waals surface area contributed by atoms with Gasteiger partial charge in [0, 0.05) is 23.9 Å². The van der Waals surface area contributed by atoms with Gasteiger partial charge in [0.1, 0.15) is 5.82 Å². The van der Waals surface area contributed by atoms with Crippen LogP contribution in [-0.2, 0) is 4.79 Å². The lowest BCUT2D eigenvalue weighted by molar-refractivity contribution is -0.124. The first-order chi connectivity index (χ1) is 13.6. The van der Waals surface area contributed by atoms with E-state index in [4.69, 9.17) is 10.1 Å². The number of carbonyl (C=O) groups is 1. The molecule has 0 aliphatic heterocycles. The van der Waals surface area contributed by atoms with Gasteiger partial charge in [0.05, 0.1) is 12.1 Å². The molecule has 2 N–H and O–H groups in total. The number of aliphatic hydroxyl groups excluding tert-OH is 1. The van der Waals surface area contributed by atoms with Gasteiger partial charge in [0.25, 0.3) is 0 Å². The summed E-state index contributed by atoms with van der Waals surface area (Å²) >= 11 is 0. The Morgan fingerprint density at radius 3 is 2.55 bits per heavy atom. The molecule has 1 aliphatic rings. The van der Waals surface area contributed by atoms with Gasteiger partial charge in [-0.2, -0.15) is 5.10 Å². The molecule has 0 radical (unpaired) electrons. The van der Waals surface area contributed by atoms with E-state index in [2.05, 4.69) is 19.2 Å². The van der Waals surface area contributed by atoms with Gasteiger partial charge in [-0.3, -0.25) is 4.79 Å². The molecule has 3 atom stereocenters. The summed E-state index contributed by atoms with van der Waals surface area (Å²) in [6, 6.07) is 9.94. The lowest BCUT2D eigenvalue weighted by atomic mass is 9.82. The van der Waals surface area contributed by atoms with Crippen LogP contribution in [0.4, 0.5) is 0 Å². The molecule has 1 fully saturated rings. The second kappa shape index (κ2) is 8.66. The largest absolute Gasteiger partial charge is 0.391 e. The molecular formula is C23H34N4O2. The van der Waals surface area contributed by atoms with Crippen LogP contribution in [0.2, 0.25) is 0 Å². The van der Waals surface area contributed by atoms with E-state index in [0.29, 0.717) is 19.3 Å². The van der Waals surface area contributed by atoms with Gasteiger partial charge in [-0.05, 0) is 38.5 Å². The highest BCUT2D eigenvalue weighted by atomic mass is 16.3. The third kappa shape index (κ3) is 5.44. The molecule has 1 aromatic heterocycles. The highest BCUT2D eigenvalue weighted by molar-refractivity contribution is 5.77. The summed E-state index contributed by atoms with van der Waals surface area (Å²) in [7, 11) is 0. The van der Waals surface area contributed by atoms with Gasteiger partial charge in [-0.25, -0.2) is 9.67 Å². The van der Waals surface area contributed by atoms with E-state index >= 15 is 0 Å². The van der Waals surface area contributed by atoms with Crippen LogP contribution in [0.3, 0.4) is 0 Å². The Labute approximate surface area is 173 Å². The number of benzene rings is 1. The third-order valence-corrected chi connectivity index (χ3v) is 5.39.